The van der Waals surface area contributed by atoms with Crippen LogP contribution in [0.2, 0.25) is 0 Å². The topological polar surface area (TPSA) is 54.0 Å². The Balaban J connectivity index is 1.53. The first-order valence-electron chi connectivity index (χ1n) is 5.87. The van der Waals surface area contributed by atoms with Gasteiger partial charge in [0, 0.05) is 13.2 Å². The quantitative estimate of drug-likeness (QED) is 0.672. The van der Waals surface area contributed by atoms with Crippen molar-refractivity contribution in [3.05, 3.63) is 0 Å². The molecule has 0 bridgehead atoms. The molecule has 0 spiro atoms. The molecule has 94 valence electrons. The molecule has 0 saturated carbocycles. The highest BCUT2D eigenvalue weighted by Gasteiger charge is 2.19. The SMILES string of the molecule is O=[PH](OCC1CCCO1)OCC1CCCO1. The van der Waals surface area contributed by atoms with Crippen LogP contribution in [0.25, 0.3) is 0 Å². The predicted octanol–water partition coefficient (Wildman–Crippen LogP) is 1.77. The zero-order chi connectivity index (χ0) is 11.2. The molecule has 2 atom stereocenters. The van der Waals surface area contributed by atoms with Gasteiger partial charge in [-0.05, 0) is 25.7 Å². The van der Waals surface area contributed by atoms with Crippen LogP contribution in [0, 0.1) is 0 Å². The van der Waals surface area contributed by atoms with E-state index in [1.54, 1.807) is 0 Å². The summed E-state index contributed by atoms with van der Waals surface area (Å²) >= 11 is 0. The summed E-state index contributed by atoms with van der Waals surface area (Å²) in [6.45, 7) is 2.32. The molecule has 0 aliphatic carbocycles. The summed E-state index contributed by atoms with van der Waals surface area (Å²) in [7, 11) is -2.37. The Labute approximate surface area is 96.3 Å². The highest BCUT2D eigenvalue weighted by molar-refractivity contribution is 7.33. The van der Waals surface area contributed by atoms with Gasteiger partial charge in [0.1, 0.15) is 0 Å². The van der Waals surface area contributed by atoms with Crippen LogP contribution in [-0.2, 0) is 23.1 Å². The van der Waals surface area contributed by atoms with Crippen molar-refractivity contribution < 1.29 is 23.1 Å². The van der Waals surface area contributed by atoms with E-state index in [0.717, 1.165) is 38.9 Å². The van der Waals surface area contributed by atoms with Gasteiger partial charge in [-0.2, -0.15) is 0 Å². The van der Waals surface area contributed by atoms with Crippen molar-refractivity contribution in [3.8, 4) is 0 Å². The van der Waals surface area contributed by atoms with Gasteiger partial charge in [0.05, 0.1) is 25.4 Å². The van der Waals surface area contributed by atoms with E-state index in [0.29, 0.717) is 13.2 Å². The molecule has 0 N–H and O–H groups in total. The Morgan fingerprint density at radius 1 is 1.00 bits per heavy atom. The fraction of sp³-hybridized carbons (Fsp3) is 1.00. The van der Waals surface area contributed by atoms with Crippen LogP contribution in [0.1, 0.15) is 25.7 Å². The van der Waals surface area contributed by atoms with Crippen molar-refractivity contribution in [2.24, 2.45) is 0 Å². The first-order valence-corrected chi connectivity index (χ1v) is 7.10. The normalized spacial score (nSPS) is 32.0. The van der Waals surface area contributed by atoms with E-state index in [1.165, 1.54) is 0 Å². The lowest BCUT2D eigenvalue weighted by molar-refractivity contribution is 0.0469. The Morgan fingerprint density at radius 2 is 1.50 bits per heavy atom. The largest absolute Gasteiger partial charge is 0.376 e. The molecule has 2 unspecified atom stereocenters. The van der Waals surface area contributed by atoms with Crippen molar-refractivity contribution in [1.82, 2.24) is 0 Å². The van der Waals surface area contributed by atoms with Gasteiger partial charge in [-0.1, -0.05) is 0 Å². The van der Waals surface area contributed by atoms with E-state index in [-0.39, 0.29) is 12.2 Å². The smallest absolute Gasteiger partial charge is 0.319 e. The lowest BCUT2D eigenvalue weighted by atomic mass is 10.2. The Bertz CT molecular complexity index is 201. The second-order valence-electron chi connectivity index (χ2n) is 4.14. The number of hydrogen-bond donors (Lipinski definition) is 0. The second-order valence-corrected chi connectivity index (χ2v) is 5.22. The summed E-state index contributed by atoms with van der Waals surface area (Å²) < 4.78 is 32.4. The molecule has 2 aliphatic rings. The predicted molar refractivity (Wildman–Crippen MR) is 58.9 cm³/mol. The maximum atomic E-state index is 11.4. The fourth-order valence-corrected chi connectivity index (χ4v) is 2.64. The molecule has 2 heterocycles. The van der Waals surface area contributed by atoms with Crippen LogP contribution in [-0.4, -0.2) is 38.6 Å². The Morgan fingerprint density at radius 3 is 1.88 bits per heavy atom. The third kappa shape index (κ3) is 4.15. The molecule has 0 radical (unpaired) electrons. The van der Waals surface area contributed by atoms with Crippen LogP contribution >= 0.6 is 8.25 Å². The zero-order valence-corrected chi connectivity index (χ0v) is 10.4. The molecule has 2 aliphatic heterocycles. The monoisotopic (exact) mass is 250 g/mol. The van der Waals surface area contributed by atoms with Gasteiger partial charge in [0.25, 0.3) is 0 Å². The molecular weight excluding hydrogens is 231 g/mol. The first-order chi connectivity index (χ1) is 7.84. The minimum atomic E-state index is -2.37. The molecule has 0 aromatic heterocycles. The summed E-state index contributed by atoms with van der Waals surface area (Å²) in [4.78, 5) is 0. The van der Waals surface area contributed by atoms with Crippen molar-refractivity contribution in [2.75, 3.05) is 26.4 Å². The van der Waals surface area contributed by atoms with Crippen LogP contribution in [0.15, 0.2) is 0 Å². The minimum Gasteiger partial charge on any atom is -0.376 e. The Hall–Kier alpha value is 0.0700. The van der Waals surface area contributed by atoms with Crippen molar-refractivity contribution in [1.29, 1.82) is 0 Å². The highest BCUT2D eigenvalue weighted by Crippen LogP contribution is 2.27. The van der Waals surface area contributed by atoms with Gasteiger partial charge in [-0.3, -0.25) is 4.57 Å². The van der Waals surface area contributed by atoms with Gasteiger partial charge in [-0.25, -0.2) is 0 Å². The van der Waals surface area contributed by atoms with E-state index in [2.05, 4.69) is 0 Å². The van der Waals surface area contributed by atoms with Gasteiger partial charge in [0.2, 0.25) is 0 Å². The summed E-state index contributed by atoms with van der Waals surface area (Å²) in [5.41, 5.74) is 0. The fourth-order valence-electron chi connectivity index (χ4n) is 1.92. The van der Waals surface area contributed by atoms with Gasteiger partial charge < -0.3 is 18.5 Å². The molecule has 16 heavy (non-hydrogen) atoms. The molecule has 2 saturated heterocycles. The van der Waals surface area contributed by atoms with Crippen LogP contribution in [0.4, 0.5) is 0 Å². The van der Waals surface area contributed by atoms with Crippen LogP contribution < -0.4 is 0 Å². The molecule has 0 amide bonds. The van der Waals surface area contributed by atoms with Crippen LogP contribution in [0.5, 0.6) is 0 Å². The molecular formula is C10H19O5P. The van der Waals surface area contributed by atoms with Gasteiger partial charge in [-0.15, -0.1) is 0 Å². The number of ether oxygens (including phenoxy) is 2. The minimum absolute atomic E-state index is 0.0975. The standard InChI is InChI=1S/C10H19O5P/c11-16(14-7-9-3-1-5-12-9)15-8-10-4-2-6-13-10/h9-10,16H,1-8H2. The van der Waals surface area contributed by atoms with E-state index in [1.807, 2.05) is 0 Å². The maximum Gasteiger partial charge on any atom is 0.319 e. The third-order valence-corrected chi connectivity index (χ3v) is 3.63. The lowest BCUT2D eigenvalue weighted by Crippen LogP contribution is -2.14. The van der Waals surface area contributed by atoms with Gasteiger partial charge >= 0.3 is 8.25 Å². The van der Waals surface area contributed by atoms with Crippen LogP contribution in [0.3, 0.4) is 0 Å². The lowest BCUT2D eigenvalue weighted by Gasteiger charge is -2.12. The number of rotatable bonds is 6. The van der Waals surface area contributed by atoms with E-state index < -0.39 is 8.25 Å². The third-order valence-electron chi connectivity index (χ3n) is 2.82. The molecule has 6 heteroatoms. The number of hydrogen-bond acceptors (Lipinski definition) is 5. The average molecular weight is 250 g/mol. The van der Waals surface area contributed by atoms with E-state index in [4.69, 9.17) is 18.5 Å². The Kier molecular flexibility index (Phi) is 5.26. The summed E-state index contributed by atoms with van der Waals surface area (Å²) in [6, 6.07) is 0. The summed E-state index contributed by atoms with van der Waals surface area (Å²) in [6.07, 6.45) is 4.29. The van der Waals surface area contributed by atoms with Gasteiger partial charge in [0.15, 0.2) is 0 Å². The van der Waals surface area contributed by atoms with Crippen molar-refractivity contribution >= 4 is 8.25 Å². The second kappa shape index (κ2) is 6.72. The molecule has 2 fully saturated rings. The van der Waals surface area contributed by atoms with E-state index in [9.17, 15) is 4.57 Å². The summed E-state index contributed by atoms with van der Waals surface area (Å²) in [5, 5.41) is 0. The molecule has 0 aromatic rings. The molecule has 5 nitrogen and oxygen atoms in total. The van der Waals surface area contributed by atoms with E-state index >= 15 is 0 Å². The zero-order valence-electron chi connectivity index (χ0n) is 9.35. The maximum absolute atomic E-state index is 11.4. The highest BCUT2D eigenvalue weighted by atomic mass is 31.1. The average Bonchev–Trinajstić information content (AvgIpc) is 2.96. The first kappa shape index (κ1) is 12.5. The van der Waals surface area contributed by atoms with Crippen molar-refractivity contribution in [2.45, 2.75) is 37.9 Å². The van der Waals surface area contributed by atoms with Crippen molar-refractivity contribution in [3.63, 3.8) is 0 Å². The summed E-state index contributed by atoms with van der Waals surface area (Å²) in [5.74, 6) is 0. The molecule has 0 aromatic carbocycles. The molecule has 2 rings (SSSR count).